The Morgan fingerprint density at radius 2 is 1.90 bits per heavy atom. The standard InChI is InChI=1S/C20H33N/c1-7-21-19-13-14(2)11-12-18(19)20(5,6)17-10-8-9-15(3)16(17)4/h8-10,14,18-19,21H,7,11-13H2,1-6H3. The molecule has 0 aromatic heterocycles. The van der Waals surface area contributed by atoms with Gasteiger partial charge in [-0.1, -0.05) is 52.3 Å². The fraction of sp³-hybridized carbons (Fsp3) is 0.700. The van der Waals surface area contributed by atoms with E-state index in [1.54, 1.807) is 5.56 Å². The van der Waals surface area contributed by atoms with Crippen LogP contribution in [0.4, 0.5) is 0 Å². The van der Waals surface area contributed by atoms with Crippen LogP contribution in [0, 0.1) is 25.7 Å². The van der Waals surface area contributed by atoms with Crippen LogP contribution < -0.4 is 5.32 Å². The topological polar surface area (TPSA) is 12.0 Å². The van der Waals surface area contributed by atoms with Crippen molar-refractivity contribution < 1.29 is 0 Å². The molecule has 21 heavy (non-hydrogen) atoms. The zero-order valence-electron chi connectivity index (χ0n) is 14.8. The van der Waals surface area contributed by atoms with Gasteiger partial charge in [-0.2, -0.15) is 0 Å². The number of benzene rings is 1. The van der Waals surface area contributed by atoms with Gasteiger partial charge in [-0.15, -0.1) is 0 Å². The van der Waals surface area contributed by atoms with Crippen LogP contribution in [-0.4, -0.2) is 12.6 Å². The van der Waals surface area contributed by atoms with Gasteiger partial charge in [-0.25, -0.2) is 0 Å². The van der Waals surface area contributed by atoms with Gasteiger partial charge in [0, 0.05) is 6.04 Å². The van der Waals surface area contributed by atoms with E-state index >= 15 is 0 Å². The number of aryl methyl sites for hydroxylation is 1. The molecular formula is C20H33N. The van der Waals surface area contributed by atoms with E-state index in [0.717, 1.165) is 18.4 Å². The van der Waals surface area contributed by atoms with Gasteiger partial charge < -0.3 is 5.32 Å². The number of rotatable bonds is 4. The molecule has 0 bridgehead atoms. The lowest BCUT2D eigenvalue weighted by Crippen LogP contribution is -2.48. The van der Waals surface area contributed by atoms with Crippen LogP contribution in [0.15, 0.2) is 18.2 Å². The van der Waals surface area contributed by atoms with Gasteiger partial charge in [-0.3, -0.25) is 0 Å². The molecular weight excluding hydrogens is 254 g/mol. The average Bonchev–Trinajstić information content (AvgIpc) is 2.42. The van der Waals surface area contributed by atoms with Crippen LogP contribution in [0.3, 0.4) is 0 Å². The van der Waals surface area contributed by atoms with Crippen LogP contribution in [0.25, 0.3) is 0 Å². The van der Waals surface area contributed by atoms with E-state index in [-0.39, 0.29) is 5.41 Å². The van der Waals surface area contributed by atoms with Gasteiger partial charge in [0.15, 0.2) is 0 Å². The second-order valence-corrected chi connectivity index (χ2v) is 7.66. The Balaban J connectivity index is 2.34. The molecule has 0 heterocycles. The Hall–Kier alpha value is -0.820. The molecule has 118 valence electrons. The molecule has 1 aromatic rings. The van der Waals surface area contributed by atoms with Crippen molar-refractivity contribution in [1.82, 2.24) is 5.32 Å². The molecule has 2 rings (SSSR count). The maximum absolute atomic E-state index is 3.77. The largest absolute Gasteiger partial charge is 0.314 e. The van der Waals surface area contributed by atoms with E-state index in [9.17, 15) is 0 Å². The summed E-state index contributed by atoms with van der Waals surface area (Å²) in [6, 6.07) is 7.48. The average molecular weight is 287 g/mol. The van der Waals surface area contributed by atoms with E-state index in [1.165, 1.54) is 30.4 Å². The quantitative estimate of drug-likeness (QED) is 0.822. The SMILES string of the molecule is CCNC1CC(C)CCC1C(C)(C)c1cccc(C)c1C. The maximum atomic E-state index is 3.77. The minimum absolute atomic E-state index is 0.239. The van der Waals surface area contributed by atoms with Crippen molar-refractivity contribution >= 4 is 0 Å². The Labute approximate surface area is 131 Å². The van der Waals surface area contributed by atoms with Crippen LogP contribution in [0.2, 0.25) is 0 Å². The zero-order chi connectivity index (χ0) is 15.6. The van der Waals surface area contributed by atoms with E-state index < -0.39 is 0 Å². The van der Waals surface area contributed by atoms with Crippen LogP contribution in [0.5, 0.6) is 0 Å². The molecule has 1 aliphatic carbocycles. The van der Waals surface area contributed by atoms with Gasteiger partial charge in [0.2, 0.25) is 0 Å². The summed E-state index contributed by atoms with van der Waals surface area (Å²) in [6.07, 6.45) is 4.05. The Kier molecular flexibility index (Phi) is 5.14. The van der Waals surface area contributed by atoms with Crippen molar-refractivity contribution in [3.05, 3.63) is 34.9 Å². The van der Waals surface area contributed by atoms with Crippen LogP contribution in [-0.2, 0) is 5.41 Å². The number of nitrogens with one attached hydrogen (secondary N) is 1. The summed E-state index contributed by atoms with van der Waals surface area (Å²) >= 11 is 0. The third kappa shape index (κ3) is 3.34. The molecule has 0 aliphatic heterocycles. The first-order valence-electron chi connectivity index (χ1n) is 8.68. The van der Waals surface area contributed by atoms with Crippen molar-refractivity contribution in [2.75, 3.05) is 6.54 Å². The van der Waals surface area contributed by atoms with Crippen LogP contribution >= 0.6 is 0 Å². The van der Waals surface area contributed by atoms with Gasteiger partial charge in [-0.05, 0) is 67.2 Å². The van der Waals surface area contributed by atoms with Crippen molar-refractivity contribution in [2.24, 2.45) is 11.8 Å². The van der Waals surface area contributed by atoms with Crippen molar-refractivity contribution in [3.8, 4) is 0 Å². The minimum Gasteiger partial charge on any atom is -0.314 e. The van der Waals surface area contributed by atoms with Crippen LogP contribution in [0.1, 0.15) is 63.6 Å². The zero-order valence-corrected chi connectivity index (χ0v) is 14.8. The molecule has 0 amide bonds. The summed E-state index contributed by atoms with van der Waals surface area (Å²) in [4.78, 5) is 0. The summed E-state index contributed by atoms with van der Waals surface area (Å²) in [6.45, 7) is 15.2. The highest BCUT2D eigenvalue weighted by atomic mass is 14.9. The third-order valence-electron chi connectivity index (χ3n) is 5.80. The lowest BCUT2D eigenvalue weighted by molar-refractivity contribution is 0.146. The molecule has 1 aromatic carbocycles. The third-order valence-corrected chi connectivity index (χ3v) is 5.80. The van der Waals surface area contributed by atoms with Crippen molar-refractivity contribution in [2.45, 2.75) is 72.3 Å². The molecule has 1 nitrogen and oxygen atoms in total. The number of hydrogen-bond acceptors (Lipinski definition) is 1. The lowest BCUT2D eigenvalue weighted by atomic mass is 9.62. The molecule has 1 aliphatic rings. The first-order chi connectivity index (χ1) is 9.87. The minimum atomic E-state index is 0.239. The first-order valence-corrected chi connectivity index (χ1v) is 8.68. The van der Waals surface area contributed by atoms with E-state index in [2.05, 4.69) is 65.1 Å². The molecule has 3 unspecified atom stereocenters. The molecule has 1 N–H and O–H groups in total. The van der Waals surface area contributed by atoms with Crippen molar-refractivity contribution in [3.63, 3.8) is 0 Å². The predicted octanol–water partition coefficient (Wildman–Crippen LogP) is 5.00. The highest BCUT2D eigenvalue weighted by molar-refractivity contribution is 5.38. The number of hydrogen-bond donors (Lipinski definition) is 1. The smallest absolute Gasteiger partial charge is 0.0106 e. The monoisotopic (exact) mass is 287 g/mol. The fourth-order valence-corrected chi connectivity index (χ4v) is 4.38. The summed E-state index contributed by atoms with van der Waals surface area (Å²) in [5.41, 5.74) is 4.69. The second-order valence-electron chi connectivity index (χ2n) is 7.66. The van der Waals surface area contributed by atoms with Gasteiger partial charge in [0.05, 0.1) is 0 Å². The van der Waals surface area contributed by atoms with Gasteiger partial charge >= 0.3 is 0 Å². The molecule has 3 atom stereocenters. The van der Waals surface area contributed by atoms with Crippen molar-refractivity contribution in [1.29, 1.82) is 0 Å². The molecule has 1 saturated carbocycles. The summed E-state index contributed by atoms with van der Waals surface area (Å²) in [7, 11) is 0. The predicted molar refractivity (Wildman–Crippen MR) is 92.9 cm³/mol. The first kappa shape index (κ1) is 16.5. The van der Waals surface area contributed by atoms with Gasteiger partial charge in [0.1, 0.15) is 0 Å². The lowest BCUT2D eigenvalue weighted by Gasteiger charge is -2.45. The Bertz CT molecular complexity index is 475. The summed E-state index contributed by atoms with van der Waals surface area (Å²) < 4.78 is 0. The van der Waals surface area contributed by atoms with E-state index in [0.29, 0.717) is 6.04 Å². The fourth-order valence-electron chi connectivity index (χ4n) is 4.38. The Morgan fingerprint density at radius 3 is 2.57 bits per heavy atom. The summed E-state index contributed by atoms with van der Waals surface area (Å²) in [5.74, 6) is 1.59. The van der Waals surface area contributed by atoms with E-state index in [4.69, 9.17) is 0 Å². The summed E-state index contributed by atoms with van der Waals surface area (Å²) in [5, 5.41) is 3.77. The molecule has 0 spiro atoms. The molecule has 1 fully saturated rings. The normalized spacial score (nSPS) is 26.9. The highest BCUT2D eigenvalue weighted by Crippen LogP contribution is 2.43. The second kappa shape index (κ2) is 6.52. The van der Waals surface area contributed by atoms with E-state index in [1.807, 2.05) is 0 Å². The Morgan fingerprint density at radius 1 is 1.19 bits per heavy atom. The molecule has 0 radical (unpaired) electrons. The molecule has 0 saturated heterocycles. The molecule has 1 heteroatoms. The maximum Gasteiger partial charge on any atom is 0.0106 e. The highest BCUT2D eigenvalue weighted by Gasteiger charge is 2.40. The van der Waals surface area contributed by atoms with Gasteiger partial charge in [0.25, 0.3) is 0 Å².